The van der Waals surface area contributed by atoms with E-state index in [-0.39, 0.29) is 35.2 Å². The van der Waals surface area contributed by atoms with E-state index in [4.69, 9.17) is 11.6 Å². The minimum atomic E-state index is -3.09. The van der Waals surface area contributed by atoms with Crippen LogP contribution < -0.4 is 4.90 Å². The molecule has 1 aromatic rings. The van der Waals surface area contributed by atoms with Crippen LogP contribution in [0.15, 0.2) is 29.3 Å². The number of hydrogen-bond acceptors (Lipinski definition) is 6. The monoisotopic (exact) mass is 387 g/mol. The van der Waals surface area contributed by atoms with Crippen LogP contribution in [-0.4, -0.2) is 67.8 Å². The molecule has 0 bridgehead atoms. The number of amidine groups is 1. The third-order valence-electron chi connectivity index (χ3n) is 4.02. The van der Waals surface area contributed by atoms with Crippen LogP contribution in [0.2, 0.25) is 5.02 Å². The second-order valence-electron chi connectivity index (χ2n) is 6.05. The van der Waals surface area contributed by atoms with Gasteiger partial charge in [0.05, 0.1) is 29.3 Å². The topological polar surface area (TPSA) is 70.0 Å². The van der Waals surface area contributed by atoms with E-state index in [1.54, 1.807) is 26.2 Å². The van der Waals surface area contributed by atoms with Gasteiger partial charge in [0.25, 0.3) is 0 Å². The maximum atomic E-state index is 12.0. The number of sulfone groups is 1. The van der Waals surface area contributed by atoms with Gasteiger partial charge in [-0.25, -0.2) is 8.42 Å². The lowest BCUT2D eigenvalue weighted by atomic mass is 10.1. The van der Waals surface area contributed by atoms with E-state index in [0.717, 1.165) is 5.69 Å². The highest BCUT2D eigenvalue weighted by Crippen LogP contribution is 2.35. The van der Waals surface area contributed by atoms with E-state index in [0.29, 0.717) is 10.2 Å². The first-order valence-corrected chi connectivity index (χ1v) is 10.6. The highest BCUT2D eigenvalue weighted by molar-refractivity contribution is 8.14. The Morgan fingerprint density at radius 3 is 2.83 bits per heavy atom. The molecule has 0 unspecified atom stereocenters. The molecule has 9 heteroatoms. The molecule has 0 radical (unpaired) electrons. The Labute approximate surface area is 150 Å². The van der Waals surface area contributed by atoms with E-state index in [1.807, 2.05) is 17.0 Å². The normalized spacial score (nSPS) is 24.6. The number of anilines is 1. The summed E-state index contributed by atoms with van der Waals surface area (Å²) in [6.45, 7) is 0. The number of carbonyl (C=O) groups excluding carboxylic acids is 1. The second kappa shape index (κ2) is 6.57. The molecule has 24 heavy (non-hydrogen) atoms. The molecule has 2 aliphatic rings. The van der Waals surface area contributed by atoms with Crippen molar-refractivity contribution in [2.75, 3.05) is 36.3 Å². The molecule has 1 saturated heterocycles. The Hall–Kier alpha value is -1.25. The van der Waals surface area contributed by atoms with E-state index in [2.05, 4.69) is 4.99 Å². The van der Waals surface area contributed by atoms with Gasteiger partial charge < -0.3 is 9.80 Å². The maximum Gasteiger partial charge on any atom is 0.232 e. The van der Waals surface area contributed by atoms with Crippen LogP contribution in [0, 0.1) is 0 Å². The molecular formula is C15H18ClN3O3S2. The summed E-state index contributed by atoms with van der Waals surface area (Å²) in [5, 5.41) is 1.25. The first-order chi connectivity index (χ1) is 11.3. The molecule has 0 aromatic heterocycles. The molecule has 2 heterocycles. The van der Waals surface area contributed by atoms with Crippen LogP contribution >= 0.6 is 23.4 Å². The van der Waals surface area contributed by atoms with Gasteiger partial charge in [0.15, 0.2) is 15.0 Å². The predicted molar refractivity (Wildman–Crippen MR) is 98.7 cm³/mol. The SMILES string of the molecule is CN(C)C(=O)CSC1=N[C@H]2CS(=O)(=O)C[C@H]2N1c1cccc(Cl)c1. The van der Waals surface area contributed by atoms with Crippen molar-refractivity contribution in [1.29, 1.82) is 0 Å². The number of nitrogens with zero attached hydrogens (tertiary/aromatic N) is 3. The van der Waals surface area contributed by atoms with Crippen molar-refractivity contribution in [3.63, 3.8) is 0 Å². The number of rotatable bonds is 3. The number of halogens is 1. The van der Waals surface area contributed by atoms with Gasteiger partial charge in [-0.15, -0.1) is 0 Å². The fourth-order valence-corrected chi connectivity index (χ4v) is 5.95. The zero-order valence-corrected chi connectivity index (χ0v) is 15.7. The molecular weight excluding hydrogens is 370 g/mol. The number of hydrogen-bond donors (Lipinski definition) is 0. The molecule has 6 nitrogen and oxygen atoms in total. The molecule has 0 saturated carbocycles. The van der Waals surface area contributed by atoms with Gasteiger partial charge in [0.1, 0.15) is 0 Å². The third kappa shape index (κ3) is 3.55. The molecule has 2 aliphatic heterocycles. The number of benzene rings is 1. The standard InChI is InChI=1S/C15H18ClN3O3S2/c1-18(2)14(20)7-23-15-17-12-8-24(21,22)9-13(12)19(15)11-5-3-4-10(16)6-11/h3-6,12-13H,7-9H2,1-2H3/t12-,13+/m0/s1. The van der Waals surface area contributed by atoms with Gasteiger partial charge in [-0.05, 0) is 18.2 Å². The van der Waals surface area contributed by atoms with Gasteiger partial charge in [-0.1, -0.05) is 29.4 Å². The van der Waals surface area contributed by atoms with E-state index >= 15 is 0 Å². The summed E-state index contributed by atoms with van der Waals surface area (Å²) in [5.41, 5.74) is 0.802. The molecule has 2 atom stereocenters. The summed E-state index contributed by atoms with van der Waals surface area (Å²) >= 11 is 7.42. The van der Waals surface area contributed by atoms with Gasteiger partial charge in [-0.2, -0.15) is 0 Å². The summed E-state index contributed by atoms with van der Waals surface area (Å²) in [6, 6.07) is 6.74. The molecule has 1 fully saturated rings. The highest BCUT2D eigenvalue weighted by Gasteiger charge is 2.47. The van der Waals surface area contributed by atoms with E-state index in [9.17, 15) is 13.2 Å². The highest BCUT2D eigenvalue weighted by atomic mass is 35.5. The average Bonchev–Trinajstić information content (AvgIpc) is 2.95. The number of aliphatic imine (C=N–C) groups is 1. The number of amides is 1. The molecule has 3 rings (SSSR count). The first-order valence-electron chi connectivity index (χ1n) is 7.43. The van der Waals surface area contributed by atoms with Gasteiger partial charge in [-0.3, -0.25) is 9.79 Å². The molecule has 0 aliphatic carbocycles. The Bertz CT molecular complexity index is 795. The lowest BCUT2D eigenvalue weighted by Gasteiger charge is -2.26. The smallest absolute Gasteiger partial charge is 0.232 e. The Balaban J connectivity index is 1.89. The van der Waals surface area contributed by atoms with Crippen molar-refractivity contribution in [2.24, 2.45) is 4.99 Å². The number of carbonyl (C=O) groups is 1. The summed E-state index contributed by atoms with van der Waals surface area (Å²) in [4.78, 5) is 19.9. The summed E-state index contributed by atoms with van der Waals surface area (Å²) in [6.07, 6.45) is 0. The van der Waals surface area contributed by atoms with Crippen LogP contribution in [0.1, 0.15) is 0 Å². The lowest BCUT2D eigenvalue weighted by Crippen LogP contribution is -2.39. The molecule has 0 spiro atoms. The van der Waals surface area contributed by atoms with Crippen molar-refractivity contribution >= 4 is 50.0 Å². The minimum absolute atomic E-state index is 0.0153. The van der Waals surface area contributed by atoms with Gasteiger partial charge in [0.2, 0.25) is 5.91 Å². The largest absolute Gasteiger partial charge is 0.348 e. The molecule has 1 aromatic carbocycles. The summed E-state index contributed by atoms with van der Waals surface area (Å²) in [7, 11) is 0.317. The zero-order valence-electron chi connectivity index (χ0n) is 13.3. The van der Waals surface area contributed by atoms with Crippen molar-refractivity contribution in [3.8, 4) is 0 Å². The first kappa shape index (κ1) is 17.6. The Morgan fingerprint density at radius 1 is 1.42 bits per heavy atom. The van der Waals surface area contributed by atoms with Crippen LogP contribution in [0.3, 0.4) is 0 Å². The average molecular weight is 388 g/mol. The maximum absolute atomic E-state index is 12.0. The fourth-order valence-electron chi connectivity index (χ4n) is 2.82. The van der Waals surface area contributed by atoms with E-state index in [1.165, 1.54) is 16.7 Å². The summed E-state index contributed by atoms with van der Waals surface area (Å²) in [5.74, 6) is 0.368. The van der Waals surface area contributed by atoms with Crippen molar-refractivity contribution < 1.29 is 13.2 Å². The quantitative estimate of drug-likeness (QED) is 0.786. The van der Waals surface area contributed by atoms with E-state index < -0.39 is 9.84 Å². The van der Waals surface area contributed by atoms with Crippen LogP contribution in [0.5, 0.6) is 0 Å². The Kier molecular flexibility index (Phi) is 4.81. The lowest BCUT2D eigenvalue weighted by molar-refractivity contribution is -0.125. The number of fused-ring (bicyclic) bond motifs is 1. The second-order valence-corrected chi connectivity index (χ2v) is 9.58. The third-order valence-corrected chi connectivity index (χ3v) is 6.90. The van der Waals surface area contributed by atoms with Crippen LogP contribution in [0.25, 0.3) is 0 Å². The van der Waals surface area contributed by atoms with Crippen molar-refractivity contribution in [1.82, 2.24) is 4.90 Å². The van der Waals surface area contributed by atoms with Crippen LogP contribution in [0.4, 0.5) is 5.69 Å². The fraction of sp³-hybridized carbons (Fsp3) is 0.467. The summed E-state index contributed by atoms with van der Waals surface area (Å²) < 4.78 is 23.9. The molecule has 1 amide bonds. The van der Waals surface area contributed by atoms with Crippen LogP contribution in [-0.2, 0) is 14.6 Å². The van der Waals surface area contributed by atoms with Gasteiger partial charge >= 0.3 is 0 Å². The molecule has 130 valence electrons. The van der Waals surface area contributed by atoms with Crippen molar-refractivity contribution in [3.05, 3.63) is 29.3 Å². The number of thioether (sulfide) groups is 1. The minimum Gasteiger partial charge on any atom is -0.348 e. The molecule has 0 N–H and O–H groups in total. The van der Waals surface area contributed by atoms with Gasteiger partial charge in [0, 0.05) is 24.8 Å². The van der Waals surface area contributed by atoms with Crippen molar-refractivity contribution in [2.45, 2.75) is 12.1 Å². The predicted octanol–water partition coefficient (Wildman–Crippen LogP) is 1.50. The Morgan fingerprint density at radius 2 is 2.17 bits per heavy atom. The zero-order chi connectivity index (χ0) is 17.5.